The maximum atomic E-state index is 12.8. The Morgan fingerprint density at radius 1 is 1.23 bits per heavy atom. The van der Waals surface area contributed by atoms with Crippen LogP contribution in [0.4, 0.5) is 0 Å². The molecule has 30 heavy (non-hydrogen) atoms. The summed E-state index contributed by atoms with van der Waals surface area (Å²) < 4.78 is 6.95. The normalized spacial score (nSPS) is 17.7. The number of aromatic nitrogens is 2. The maximum Gasteiger partial charge on any atom is 0.357 e. The number of benzene rings is 1. The average molecular weight is 406 g/mol. The summed E-state index contributed by atoms with van der Waals surface area (Å²) in [6, 6.07) is 13.5. The molecule has 0 radical (unpaired) electrons. The Balaban J connectivity index is 1.48. The molecule has 2 fully saturated rings. The first kappa shape index (κ1) is 20.1. The largest absolute Gasteiger partial charge is 0.451 e. The van der Waals surface area contributed by atoms with Gasteiger partial charge in [0.05, 0.1) is 17.5 Å². The van der Waals surface area contributed by atoms with Crippen LogP contribution in [0.2, 0.25) is 0 Å². The van der Waals surface area contributed by atoms with Crippen molar-refractivity contribution >= 4 is 11.9 Å². The Labute approximate surface area is 176 Å². The van der Waals surface area contributed by atoms with E-state index >= 15 is 0 Å². The van der Waals surface area contributed by atoms with Gasteiger partial charge in [-0.15, -0.1) is 0 Å². The van der Waals surface area contributed by atoms with Crippen LogP contribution < -0.4 is 0 Å². The number of hydrogen-bond donors (Lipinski definition) is 0. The Kier molecular flexibility index (Phi) is 5.58. The molecule has 7 nitrogen and oxygen atoms in total. The Morgan fingerprint density at radius 3 is 2.57 bits per heavy atom. The van der Waals surface area contributed by atoms with Crippen molar-refractivity contribution in [2.75, 3.05) is 13.7 Å². The van der Waals surface area contributed by atoms with Gasteiger partial charge in [-0.2, -0.15) is 10.4 Å². The van der Waals surface area contributed by atoms with Crippen LogP contribution >= 0.6 is 0 Å². The van der Waals surface area contributed by atoms with E-state index in [1.165, 1.54) is 4.90 Å². The van der Waals surface area contributed by atoms with Crippen molar-refractivity contribution in [2.45, 2.75) is 56.4 Å². The third-order valence-corrected chi connectivity index (χ3v) is 6.17. The average Bonchev–Trinajstić information content (AvgIpc) is 3.55. The zero-order valence-corrected chi connectivity index (χ0v) is 17.2. The third kappa shape index (κ3) is 3.95. The number of rotatable bonds is 6. The van der Waals surface area contributed by atoms with Crippen molar-refractivity contribution in [1.82, 2.24) is 14.7 Å². The van der Waals surface area contributed by atoms with Crippen LogP contribution in [0.25, 0.3) is 5.69 Å². The SMILES string of the molecule is CN(C(=O)COC(=O)c1cc(C2CC2)nn1-c1ccccc1)C1(C#N)CCCCC1. The standard InChI is InChI=1S/C23H26N4O3/c1-26(23(16-24)12-6-3-7-13-23)21(28)15-30-22(29)20-14-19(17-10-11-17)25-27(20)18-8-4-2-5-9-18/h2,4-5,8-9,14,17H,3,6-7,10-13,15H2,1H3. The second kappa shape index (κ2) is 8.31. The van der Waals surface area contributed by atoms with Gasteiger partial charge in [-0.05, 0) is 43.9 Å². The quantitative estimate of drug-likeness (QED) is 0.684. The lowest BCUT2D eigenvalue weighted by Crippen LogP contribution is -2.51. The third-order valence-electron chi connectivity index (χ3n) is 6.17. The van der Waals surface area contributed by atoms with Gasteiger partial charge in [0.1, 0.15) is 5.54 Å². The van der Waals surface area contributed by atoms with Gasteiger partial charge in [0.2, 0.25) is 0 Å². The van der Waals surface area contributed by atoms with Gasteiger partial charge >= 0.3 is 5.97 Å². The van der Waals surface area contributed by atoms with Gasteiger partial charge in [0, 0.05) is 13.0 Å². The number of para-hydroxylation sites is 1. The smallest absolute Gasteiger partial charge is 0.357 e. The predicted molar refractivity (Wildman–Crippen MR) is 110 cm³/mol. The monoisotopic (exact) mass is 406 g/mol. The number of esters is 1. The van der Waals surface area contributed by atoms with E-state index in [4.69, 9.17) is 4.74 Å². The first-order chi connectivity index (χ1) is 14.5. The zero-order valence-electron chi connectivity index (χ0n) is 17.2. The summed E-state index contributed by atoms with van der Waals surface area (Å²) >= 11 is 0. The Morgan fingerprint density at radius 2 is 1.93 bits per heavy atom. The summed E-state index contributed by atoms with van der Waals surface area (Å²) in [4.78, 5) is 27.0. The van der Waals surface area contributed by atoms with Crippen LogP contribution in [-0.2, 0) is 9.53 Å². The molecule has 156 valence electrons. The van der Waals surface area contributed by atoms with Gasteiger partial charge in [0.25, 0.3) is 5.91 Å². The van der Waals surface area contributed by atoms with Crippen molar-refractivity contribution in [3.63, 3.8) is 0 Å². The lowest BCUT2D eigenvalue weighted by molar-refractivity contribution is -0.138. The van der Waals surface area contributed by atoms with Gasteiger partial charge < -0.3 is 9.64 Å². The van der Waals surface area contributed by atoms with E-state index < -0.39 is 18.1 Å². The molecule has 0 spiro atoms. The summed E-state index contributed by atoms with van der Waals surface area (Å²) in [6.45, 7) is -0.391. The van der Waals surface area contributed by atoms with E-state index in [0.29, 0.717) is 24.5 Å². The number of carbonyl (C=O) groups excluding carboxylic acids is 2. The van der Waals surface area contributed by atoms with Gasteiger partial charge in [0.15, 0.2) is 12.3 Å². The van der Waals surface area contributed by atoms with Crippen LogP contribution in [0.15, 0.2) is 36.4 Å². The summed E-state index contributed by atoms with van der Waals surface area (Å²) in [5.74, 6) is -0.564. The molecule has 1 aromatic carbocycles. The molecule has 7 heteroatoms. The molecule has 0 unspecified atom stereocenters. The molecule has 0 aliphatic heterocycles. The molecule has 2 aromatic rings. The van der Waals surface area contributed by atoms with Crippen molar-refractivity contribution in [2.24, 2.45) is 0 Å². The van der Waals surface area contributed by atoms with Crippen LogP contribution in [0.5, 0.6) is 0 Å². The highest BCUT2D eigenvalue weighted by atomic mass is 16.5. The molecule has 0 bridgehead atoms. The fourth-order valence-corrected chi connectivity index (χ4v) is 4.09. The number of amides is 1. The highest BCUT2D eigenvalue weighted by Gasteiger charge is 2.39. The van der Waals surface area contributed by atoms with Gasteiger partial charge in [-0.3, -0.25) is 4.79 Å². The van der Waals surface area contributed by atoms with Crippen LogP contribution in [-0.4, -0.2) is 45.8 Å². The van der Waals surface area contributed by atoms with E-state index in [2.05, 4.69) is 11.2 Å². The minimum atomic E-state index is -0.799. The lowest BCUT2D eigenvalue weighted by atomic mass is 9.81. The number of likely N-dealkylation sites (N-methyl/N-ethyl adjacent to an activating group) is 1. The summed E-state index contributed by atoms with van der Waals surface area (Å²) in [6.07, 6.45) is 6.37. The van der Waals surface area contributed by atoms with Gasteiger partial charge in [-0.1, -0.05) is 37.5 Å². The second-order valence-electron chi connectivity index (χ2n) is 8.21. The van der Waals surface area contributed by atoms with Crippen LogP contribution in [0.1, 0.15) is 67.0 Å². The van der Waals surface area contributed by atoms with E-state index in [0.717, 1.165) is 43.5 Å². The molecule has 2 aliphatic carbocycles. The molecule has 0 N–H and O–H groups in total. The predicted octanol–water partition coefficient (Wildman–Crippen LogP) is 3.59. The molecule has 1 amide bonds. The molecule has 2 aliphatic rings. The molecule has 0 saturated heterocycles. The minimum absolute atomic E-state index is 0.311. The Hall–Kier alpha value is -3.14. The first-order valence-corrected chi connectivity index (χ1v) is 10.5. The highest BCUT2D eigenvalue weighted by molar-refractivity contribution is 5.90. The molecule has 0 atom stereocenters. The first-order valence-electron chi connectivity index (χ1n) is 10.5. The van der Waals surface area contributed by atoms with Crippen LogP contribution in [0, 0.1) is 11.3 Å². The number of ether oxygens (including phenoxy) is 1. The van der Waals surface area contributed by atoms with Gasteiger partial charge in [-0.25, -0.2) is 9.48 Å². The maximum absolute atomic E-state index is 12.8. The zero-order chi connectivity index (χ0) is 21.1. The van der Waals surface area contributed by atoms with Crippen molar-refractivity contribution in [1.29, 1.82) is 5.26 Å². The molecule has 2 saturated carbocycles. The second-order valence-corrected chi connectivity index (χ2v) is 8.21. The van der Waals surface area contributed by atoms with Crippen molar-refractivity contribution in [3.05, 3.63) is 47.8 Å². The summed E-state index contributed by atoms with van der Waals surface area (Å²) in [5, 5.41) is 14.3. The number of nitrogens with zero attached hydrogens (tertiary/aromatic N) is 4. The number of nitriles is 1. The van der Waals surface area contributed by atoms with E-state index in [1.807, 2.05) is 30.3 Å². The minimum Gasteiger partial charge on any atom is -0.451 e. The van der Waals surface area contributed by atoms with Crippen molar-refractivity contribution in [3.8, 4) is 11.8 Å². The molecule has 1 heterocycles. The summed E-state index contributed by atoms with van der Waals surface area (Å²) in [5.41, 5.74) is 1.16. The molecule has 4 rings (SSSR count). The van der Waals surface area contributed by atoms with E-state index in [1.54, 1.807) is 17.8 Å². The fraction of sp³-hybridized carbons (Fsp3) is 0.478. The molecule has 1 aromatic heterocycles. The molecular formula is C23H26N4O3. The van der Waals surface area contributed by atoms with Crippen molar-refractivity contribution < 1.29 is 14.3 Å². The number of hydrogen-bond acceptors (Lipinski definition) is 5. The van der Waals surface area contributed by atoms with E-state index in [-0.39, 0.29) is 5.91 Å². The summed E-state index contributed by atoms with van der Waals surface area (Å²) in [7, 11) is 1.63. The topological polar surface area (TPSA) is 88.2 Å². The molecular weight excluding hydrogens is 380 g/mol. The highest BCUT2D eigenvalue weighted by Crippen LogP contribution is 2.40. The lowest BCUT2D eigenvalue weighted by Gasteiger charge is -2.38. The fourth-order valence-electron chi connectivity index (χ4n) is 4.09. The number of carbonyl (C=O) groups is 2. The Bertz CT molecular complexity index is 966. The van der Waals surface area contributed by atoms with Crippen LogP contribution in [0.3, 0.4) is 0 Å². The van der Waals surface area contributed by atoms with E-state index in [9.17, 15) is 14.9 Å².